The van der Waals surface area contributed by atoms with Gasteiger partial charge in [-0.05, 0) is 134 Å². The Hall–Kier alpha value is -3.83. The van der Waals surface area contributed by atoms with Crippen molar-refractivity contribution >= 4 is 34.4 Å². The minimum atomic E-state index is -0.345. The second-order valence-electron chi connectivity index (χ2n) is 12.0. The lowest BCUT2D eigenvalue weighted by atomic mass is 10.0. The highest BCUT2D eigenvalue weighted by Gasteiger charge is 2.22. The molecule has 240 valence electrons. The maximum absolute atomic E-state index is 13.5. The maximum atomic E-state index is 13.5. The van der Waals surface area contributed by atoms with Gasteiger partial charge in [0.15, 0.2) is 0 Å². The average Bonchev–Trinajstić information content (AvgIpc) is 3.26. The number of rotatable bonds is 15. The summed E-state index contributed by atoms with van der Waals surface area (Å²) in [7, 11) is 1.59. The molecule has 3 rings (SSSR count). The topological polar surface area (TPSA) is 57.5 Å². The fourth-order valence-electron chi connectivity index (χ4n) is 5.26. The number of benzene rings is 2. The first kappa shape index (κ1) is 35.6. The van der Waals surface area contributed by atoms with Gasteiger partial charge in [0.25, 0.3) is 5.91 Å². The minimum absolute atomic E-state index is 0.0497. The Morgan fingerprint density at radius 2 is 1.38 bits per heavy atom. The van der Waals surface area contributed by atoms with Crippen LogP contribution in [0.1, 0.15) is 94.8 Å². The molecule has 0 N–H and O–H groups in total. The van der Waals surface area contributed by atoms with Crippen LogP contribution in [0.2, 0.25) is 5.02 Å². The number of esters is 1. The summed E-state index contributed by atoms with van der Waals surface area (Å²) in [5.41, 5.74) is 8.09. The number of nitrogens with zero attached hydrogens (tertiary/aromatic N) is 1. The Kier molecular flexibility index (Phi) is 13.9. The molecule has 0 unspecified atom stereocenters. The van der Waals surface area contributed by atoms with Crippen LogP contribution in [-0.2, 0) is 16.0 Å². The summed E-state index contributed by atoms with van der Waals surface area (Å²) >= 11 is 6.03. The van der Waals surface area contributed by atoms with Crippen LogP contribution in [0.4, 0.5) is 0 Å². The SMILES string of the molecule is COc1ccc2c(c1)c(CC(=O)OC/C=C(\C)CC/C=C(\C)CC/C=C(\C)CCC=C(C)C)c(C)n2C(=O)c1ccc(Cl)cc1. The molecule has 0 aliphatic carbocycles. The van der Waals surface area contributed by atoms with Crippen molar-refractivity contribution < 1.29 is 19.1 Å². The molecular weight excluding hydrogens is 582 g/mol. The molecule has 0 atom stereocenters. The van der Waals surface area contributed by atoms with Crippen LogP contribution >= 0.6 is 11.6 Å². The Bertz CT molecular complexity index is 1600. The molecule has 5 nitrogen and oxygen atoms in total. The first-order valence-electron chi connectivity index (χ1n) is 15.7. The van der Waals surface area contributed by atoms with E-state index in [-0.39, 0.29) is 24.9 Å². The van der Waals surface area contributed by atoms with Gasteiger partial charge in [-0.25, -0.2) is 0 Å². The van der Waals surface area contributed by atoms with Gasteiger partial charge in [-0.1, -0.05) is 52.1 Å². The van der Waals surface area contributed by atoms with Crippen molar-refractivity contribution in [2.75, 3.05) is 13.7 Å². The summed E-state index contributed by atoms with van der Waals surface area (Å²) in [6, 6.07) is 12.3. The Morgan fingerprint density at radius 1 is 0.800 bits per heavy atom. The van der Waals surface area contributed by atoms with Crippen LogP contribution in [-0.4, -0.2) is 30.2 Å². The van der Waals surface area contributed by atoms with E-state index in [0.717, 1.165) is 49.5 Å². The number of hydrogen-bond donors (Lipinski definition) is 0. The molecule has 0 bridgehead atoms. The number of allylic oxidation sites excluding steroid dienone is 7. The molecule has 0 aliphatic heterocycles. The lowest BCUT2D eigenvalue weighted by Gasteiger charge is -2.08. The molecule has 0 aliphatic rings. The van der Waals surface area contributed by atoms with E-state index in [1.165, 1.54) is 22.3 Å². The van der Waals surface area contributed by atoms with Crippen molar-refractivity contribution in [3.8, 4) is 5.75 Å². The van der Waals surface area contributed by atoms with E-state index in [4.69, 9.17) is 21.1 Å². The van der Waals surface area contributed by atoms with E-state index in [1.54, 1.807) is 35.9 Å². The second-order valence-corrected chi connectivity index (χ2v) is 12.4. The van der Waals surface area contributed by atoms with E-state index in [2.05, 4.69) is 52.8 Å². The highest BCUT2D eigenvalue weighted by Crippen LogP contribution is 2.31. The van der Waals surface area contributed by atoms with Crippen LogP contribution in [0.25, 0.3) is 10.9 Å². The molecule has 2 aromatic carbocycles. The number of aromatic nitrogens is 1. The number of fused-ring (bicyclic) bond motifs is 1. The van der Waals surface area contributed by atoms with E-state index in [0.29, 0.717) is 27.5 Å². The molecule has 6 heteroatoms. The van der Waals surface area contributed by atoms with Crippen molar-refractivity contribution in [1.29, 1.82) is 0 Å². The summed E-state index contributed by atoms with van der Waals surface area (Å²) < 4.78 is 12.7. The molecule has 0 saturated heterocycles. The van der Waals surface area contributed by atoms with E-state index < -0.39 is 0 Å². The Morgan fingerprint density at radius 3 is 1.96 bits per heavy atom. The van der Waals surface area contributed by atoms with Crippen LogP contribution < -0.4 is 4.74 Å². The second kappa shape index (κ2) is 17.6. The largest absolute Gasteiger partial charge is 0.497 e. The molecule has 3 aromatic rings. The molecule has 1 heterocycles. The molecule has 0 spiro atoms. The van der Waals surface area contributed by atoms with Crippen LogP contribution in [0.3, 0.4) is 0 Å². The monoisotopic (exact) mass is 629 g/mol. The first-order chi connectivity index (χ1) is 21.5. The van der Waals surface area contributed by atoms with Gasteiger partial charge >= 0.3 is 5.97 Å². The van der Waals surface area contributed by atoms with Crippen LogP contribution in [0, 0.1) is 6.92 Å². The molecule has 0 saturated carbocycles. The normalized spacial score (nSPS) is 12.4. The third kappa shape index (κ3) is 10.9. The van der Waals surface area contributed by atoms with E-state index in [1.807, 2.05) is 31.2 Å². The van der Waals surface area contributed by atoms with Gasteiger partial charge in [-0.15, -0.1) is 0 Å². The predicted molar refractivity (Wildman–Crippen MR) is 187 cm³/mol. The zero-order valence-corrected chi connectivity index (χ0v) is 28.7. The first-order valence-corrected chi connectivity index (χ1v) is 16.1. The smallest absolute Gasteiger partial charge is 0.310 e. The summed E-state index contributed by atoms with van der Waals surface area (Å²) in [6.45, 7) is 12.9. The molecule has 0 fully saturated rings. The molecular formula is C39H48ClNO4. The highest BCUT2D eigenvalue weighted by molar-refractivity contribution is 6.30. The molecule has 1 aromatic heterocycles. The van der Waals surface area contributed by atoms with Gasteiger partial charge in [-0.2, -0.15) is 0 Å². The zero-order valence-electron chi connectivity index (χ0n) is 28.0. The zero-order chi connectivity index (χ0) is 32.9. The van der Waals surface area contributed by atoms with Crippen molar-refractivity contribution in [3.63, 3.8) is 0 Å². The van der Waals surface area contributed by atoms with Gasteiger partial charge in [0.05, 0.1) is 19.0 Å². The third-order valence-electron chi connectivity index (χ3n) is 7.99. The quantitative estimate of drug-likeness (QED) is 0.124. The van der Waals surface area contributed by atoms with Gasteiger partial charge < -0.3 is 9.47 Å². The minimum Gasteiger partial charge on any atom is -0.497 e. The van der Waals surface area contributed by atoms with Crippen molar-refractivity contribution in [2.24, 2.45) is 0 Å². The molecule has 0 radical (unpaired) electrons. The van der Waals surface area contributed by atoms with Gasteiger partial charge in [-0.3, -0.25) is 14.2 Å². The third-order valence-corrected chi connectivity index (χ3v) is 8.24. The standard InChI is InChI=1S/C39H48ClNO4/c1-27(2)11-8-12-28(3)13-9-14-29(4)15-10-16-30(5)23-24-45-38(42)26-35-31(6)41(37-22-21-34(44-7)25-36(35)37)39(43)32-17-19-33(40)20-18-32/h11,13,15,17-23,25H,8-10,12,14,16,24,26H2,1-7H3/b28-13+,29-15+,30-23+. The summed E-state index contributed by atoms with van der Waals surface area (Å²) in [5.74, 6) is 0.115. The van der Waals surface area contributed by atoms with E-state index >= 15 is 0 Å². The number of ether oxygens (including phenoxy) is 2. The Labute approximate surface area is 274 Å². The van der Waals surface area contributed by atoms with Gasteiger partial charge in [0.2, 0.25) is 0 Å². The average molecular weight is 630 g/mol. The number of hydrogen-bond acceptors (Lipinski definition) is 4. The van der Waals surface area contributed by atoms with Gasteiger partial charge in [0, 0.05) is 21.7 Å². The van der Waals surface area contributed by atoms with Crippen molar-refractivity contribution in [1.82, 2.24) is 4.57 Å². The summed E-state index contributed by atoms with van der Waals surface area (Å²) in [5, 5.41) is 1.35. The van der Waals surface area contributed by atoms with Gasteiger partial charge in [0.1, 0.15) is 12.4 Å². The maximum Gasteiger partial charge on any atom is 0.310 e. The molecule has 0 amide bonds. The lowest BCUT2D eigenvalue weighted by molar-refractivity contribution is -0.141. The number of methoxy groups -OCH3 is 1. The predicted octanol–water partition coefficient (Wildman–Crippen LogP) is 10.5. The van der Waals surface area contributed by atoms with Crippen LogP contribution in [0.15, 0.2) is 89.1 Å². The molecule has 45 heavy (non-hydrogen) atoms. The lowest BCUT2D eigenvalue weighted by Crippen LogP contribution is -2.14. The fourth-order valence-corrected chi connectivity index (χ4v) is 5.38. The Balaban J connectivity index is 1.57. The fraction of sp³-hybridized carbons (Fsp3) is 0.385. The number of carbonyl (C=O) groups is 2. The van der Waals surface area contributed by atoms with Crippen LogP contribution in [0.5, 0.6) is 5.75 Å². The van der Waals surface area contributed by atoms with E-state index in [9.17, 15) is 9.59 Å². The number of carbonyl (C=O) groups excluding carboxylic acids is 2. The van der Waals surface area contributed by atoms with Crippen molar-refractivity contribution in [3.05, 3.63) is 111 Å². The summed E-state index contributed by atoms with van der Waals surface area (Å²) in [4.78, 5) is 26.5. The van der Waals surface area contributed by atoms with Crippen molar-refractivity contribution in [2.45, 2.75) is 86.5 Å². The summed E-state index contributed by atoms with van der Waals surface area (Å²) in [6.07, 6.45) is 15.3. The highest BCUT2D eigenvalue weighted by atomic mass is 35.5. The number of halogens is 1.